The van der Waals surface area contributed by atoms with Crippen molar-refractivity contribution in [3.63, 3.8) is 0 Å². The van der Waals surface area contributed by atoms with E-state index in [1.807, 2.05) is 12.1 Å². The monoisotopic (exact) mass is 313 g/mol. The number of hydrogen-bond donors (Lipinski definition) is 2. The molecule has 0 aliphatic heterocycles. The van der Waals surface area contributed by atoms with Gasteiger partial charge in [-0.05, 0) is 52.4 Å². The summed E-state index contributed by atoms with van der Waals surface area (Å²) in [7, 11) is 0. The van der Waals surface area contributed by atoms with Crippen molar-refractivity contribution in [3.8, 4) is 0 Å². The number of rotatable bonds is 3. The topological polar surface area (TPSA) is 29.1 Å². The van der Waals surface area contributed by atoms with Crippen LogP contribution in [-0.2, 0) is 0 Å². The fourth-order valence-electron chi connectivity index (χ4n) is 2.03. The van der Waals surface area contributed by atoms with Gasteiger partial charge in [0, 0.05) is 15.9 Å². The normalized spacial score (nSPS) is 17.4. The van der Waals surface area contributed by atoms with Crippen LogP contribution in [0.4, 0.5) is 0 Å². The van der Waals surface area contributed by atoms with Crippen LogP contribution >= 0.6 is 28.6 Å². The quantitative estimate of drug-likeness (QED) is 0.819. The molecule has 1 aromatic rings. The van der Waals surface area contributed by atoms with E-state index in [0.29, 0.717) is 11.0 Å². The molecule has 17 heavy (non-hydrogen) atoms. The maximum absolute atomic E-state index is 12.0. The Labute approximate surface area is 116 Å². The van der Waals surface area contributed by atoms with E-state index >= 15 is 0 Å². The van der Waals surface area contributed by atoms with Gasteiger partial charge in [0.1, 0.15) is 0 Å². The number of hydrogen-bond acceptors (Lipinski definition) is 2. The predicted molar refractivity (Wildman–Crippen MR) is 75.7 cm³/mol. The second-order valence-corrected chi connectivity index (χ2v) is 6.38. The van der Waals surface area contributed by atoms with Gasteiger partial charge in [-0.3, -0.25) is 4.79 Å². The van der Waals surface area contributed by atoms with Gasteiger partial charge in [0.15, 0.2) is 0 Å². The Hall–Kier alpha value is -0.480. The van der Waals surface area contributed by atoms with Gasteiger partial charge in [0.05, 0.1) is 5.56 Å². The summed E-state index contributed by atoms with van der Waals surface area (Å²) in [5, 5.41) is 3.01. The Morgan fingerprint density at radius 2 is 2.24 bits per heavy atom. The molecule has 0 saturated heterocycles. The first-order valence-corrected chi connectivity index (χ1v) is 7.01. The van der Waals surface area contributed by atoms with Crippen LogP contribution < -0.4 is 5.32 Å². The van der Waals surface area contributed by atoms with Gasteiger partial charge >= 0.3 is 0 Å². The lowest BCUT2D eigenvalue weighted by Gasteiger charge is -2.38. The Kier molecular flexibility index (Phi) is 3.83. The van der Waals surface area contributed by atoms with Crippen molar-refractivity contribution >= 4 is 34.5 Å². The summed E-state index contributed by atoms with van der Waals surface area (Å²) in [6.07, 6.45) is 3.70. The smallest absolute Gasteiger partial charge is 0.252 e. The highest BCUT2D eigenvalue weighted by Crippen LogP contribution is 2.39. The summed E-state index contributed by atoms with van der Waals surface area (Å²) < 4.78 is 0.812. The predicted octanol–water partition coefficient (Wildman–Crippen LogP) is 3.66. The zero-order valence-corrected chi connectivity index (χ0v) is 12.3. The summed E-state index contributed by atoms with van der Waals surface area (Å²) in [6, 6.07) is 5.49. The number of carbonyl (C=O) groups is 1. The summed E-state index contributed by atoms with van der Waals surface area (Å²) in [4.78, 5) is 12.8. The van der Waals surface area contributed by atoms with E-state index in [0.717, 1.165) is 15.9 Å². The summed E-state index contributed by atoms with van der Waals surface area (Å²) in [6.45, 7) is 2.98. The van der Waals surface area contributed by atoms with E-state index in [-0.39, 0.29) is 5.91 Å². The van der Waals surface area contributed by atoms with E-state index in [1.165, 1.54) is 19.3 Å². The lowest BCUT2D eigenvalue weighted by molar-refractivity contribution is 0.0890. The molecule has 1 saturated carbocycles. The van der Waals surface area contributed by atoms with Crippen LogP contribution in [0, 0.1) is 5.41 Å². The van der Waals surface area contributed by atoms with Crippen molar-refractivity contribution in [1.29, 1.82) is 0 Å². The van der Waals surface area contributed by atoms with Crippen LogP contribution in [0.1, 0.15) is 36.5 Å². The van der Waals surface area contributed by atoms with Gasteiger partial charge in [-0.15, -0.1) is 12.6 Å². The van der Waals surface area contributed by atoms with E-state index in [1.54, 1.807) is 6.07 Å². The molecular formula is C13H16BrNOS. The highest BCUT2D eigenvalue weighted by Gasteiger charge is 2.32. The Bertz CT molecular complexity index is 443. The van der Waals surface area contributed by atoms with Gasteiger partial charge in [-0.1, -0.05) is 13.3 Å². The Morgan fingerprint density at radius 1 is 1.53 bits per heavy atom. The molecule has 0 spiro atoms. The first kappa shape index (κ1) is 13.0. The summed E-state index contributed by atoms with van der Waals surface area (Å²) in [5.74, 6) is -0.0269. The Balaban J connectivity index is 2.01. The fraction of sp³-hybridized carbons (Fsp3) is 0.462. The Morgan fingerprint density at radius 3 is 2.82 bits per heavy atom. The van der Waals surface area contributed by atoms with Crippen molar-refractivity contribution in [3.05, 3.63) is 28.2 Å². The average Bonchev–Trinajstić information content (AvgIpc) is 2.26. The van der Waals surface area contributed by atoms with Crippen LogP contribution in [0.15, 0.2) is 27.6 Å². The van der Waals surface area contributed by atoms with Crippen LogP contribution in [0.5, 0.6) is 0 Å². The minimum atomic E-state index is -0.0269. The lowest BCUT2D eigenvalue weighted by atomic mass is 9.70. The van der Waals surface area contributed by atoms with Gasteiger partial charge in [0.25, 0.3) is 5.91 Å². The molecule has 1 amide bonds. The lowest BCUT2D eigenvalue weighted by Crippen LogP contribution is -2.40. The molecule has 1 fully saturated rings. The molecule has 1 aromatic carbocycles. The maximum atomic E-state index is 12.0. The molecule has 0 aromatic heterocycles. The number of nitrogens with one attached hydrogen (secondary N) is 1. The number of halogens is 1. The molecule has 2 rings (SSSR count). The molecule has 4 heteroatoms. The van der Waals surface area contributed by atoms with E-state index < -0.39 is 0 Å². The summed E-state index contributed by atoms with van der Waals surface area (Å²) in [5.41, 5.74) is 0.959. The minimum absolute atomic E-state index is 0.0269. The highest BCUT2D eigenvalue weighted by atomic mass is 79.9. The third kappa shape index (κ3) is 3.05. The highest BCUT2D eigenvalue weighted by molar-refractivity contribution is 9.10. The first-order chi connectivity index (χ1) is 8.00. The molecule has 0 radical (unpaired) electrons. The molecular weight excluding hydrogens is 298 g/mol. The zero-order valence-electron chi connectivity index (χ0n) is 9.79. The molecule has 0 unspecified atom stereocenters. The average molecular weight is 314 g/mol. The van der Waals surface area contributed by atoms with Crippen LogP contribution in [0.2, 0.25) is 0 Å². The minimum Gasteiger partial charge on any atom is -0.351 e. The standard InChI is InChI=1S/C13H16BrNOS/c1-13(5-2-6-13)8-15-12(16)10-7-9(17)3-4-11(10)14/h3-4,7,17H,2,5-6,8H2,1H3,(H,15,16). The van der Waals surface area contributed by atoms with Crippen LogP contribution in [-0.4, -0.2) is 12.5 Å². The van der Waals surface area contributed by atoms with Gasteiger partial charge in [-0.2, -0.15) is 0 Å². The third-order valence-corrected chi connectivity index (χ3v) is 4.40. The molecule has 1 aliphatic carbocycles. The number of amides is 1. The zero-order chi connectivity index (χ0) is 12.5. The van der Waals surface area contributed by atoms with Crippen molar-refractivity contribution in [2.45, 2.75) is 31.1 Å². The molecule has 0 atom stereocenters. The van der Waals surface area contributed by atoms with Crippen molar-refractivity contribution in [1.82, 2.24) is 5.32 Å². The van der Waals surface area contributed by atoms with Crippen molar-refractivity contribution in [2.75, 3.05) is 6.54 Å². The van der Waals surface area contributed by atoms with Crippen LogP contribution in [0.25, 0.3) is 0 Å². The number of carbonyl (C=O) groups excluding carboxylic acids is 1. The number of benzene rings is 1. The maximum Gasteiger partial charge on any atom is 0.252 e. The summed E-state index contributed by atoms with van der Waals surface area (Å²) >= 11 is 7.64. The largest absolute Gasteiger partial charge is 0.351 e. The molecule has 1 aliphatic rings. The molecule has 2 nitrogen and oxygen atoms in total. The van der Waals surface area contributed by atoms with Gasteiger partial charge < -0.3 is 5.32 Å². The second-order valence-electron chi connectivity index (χ2n) is 5.01. The van der Waals surface area contributed by atoms with Gasteiger partial charge in [0.2, 0.25) is 0 Å². The van der Waals surface area contributed by atoms with Gasteiger partial charge in [-0.25, -0.2) is 0 Å². The molecule has 0 bridgehead atoms. The molecule has 0 heterocycles. The van der Waals surface area contributed by atoms with Crippen molar-refractivity contribution < 1.29 is 4.79 Å². The third-order valence-electron chi connectivity index (χ3n) is 3.43. The van der Waals surface area contributed by atoms with Crippen molar-refractivity contribution in [2.24, 2.45) is 5.41 Å². The number of thiol groups is 1. The SMILES string of the molecule is CC1(CNC(=O)c2cc(S)ccc2Br)CCC1. The molecule has 92 valence electrons. The fourth-order valence-corrected chi connectivity index (χ4v) is 2.66. The first-order valence-electron chi connectivity index (χ1n) is 5.77. The van der Waals surface area contributed by atoms with Crippen LogP contribution in [0.3, 0.4) is 0 Å². The molecule has 1 N–H and O–H groups in total. The second kappa shape index (κ2) is 5.02. The van der Waals surface area contributed by atoms with E-state index in [9.17, 15) is 4.79 Å². The van der Waals surface area contributed by atoms with E-state index in [4.69, 9.17) is 0 Å². The van der Waals surface area contributed by atoms with E-state index in [2.05, 4.69) is 40.8 Å².